The summed E-state index contributed by atoms with van der Waals surface area (Å²) in [5, 5.41) is 0. The van der Waals surface area contributed by atoms with Gasteiger partial charge in [0.15, 0.2) is 0 Å². The average Bonchev–Trinajstić information content (AvgIpc) is 3.83. The molecule has 0 saturated carbocycles. The predicted octanol–water partition coefficient (Wildman–Crippen LogP) is 13.4. The van der Waals surface area contributed by atoms with Crippen molar-refractivity contribution in [2.75, 3.05) is 0 Å². The summed E-state index contributed by atoms with van der Waals surface area (Å²) in [6.07, 6.45) is 2.88. The van der Waals surface area contributed by atoms with Crippen LogP contribution in [-0.4, -0.2) is 0 Å². The predicted molar refractivity (Wildman–Crippen MR) is 222 cm³/mol. The lowest BCUT2D eigenvalue weighted by Crippen LogP contribution is -2.11. The first kappa shape index (κ1) is 29.2. The molecule has 0 aromatic heterocycles. The maximum atomic E-state index is 2.49. The van der Waals surface area contributed by atoms with E-state index in [4.69, 9.17) is 0 Å². The lowest BCUT2D eigenvalue weighted by Gasteiger charge is -2.27. The highest BCUT2D eigenvalue weighted by Gasteiger charge is 2.46. The van der Waals surface area contributed by atoms with Crippen molar-refractivity contribution in [3.63, 3.8) is 0 Å². The molecule has 12 bridgehead atoms. The van der Waals surface area contributed by atoms with Crippen molar-refractivity contribution in [1.82, 2.24) is 0 Å². The lowest BCUT2D eigenvalue weighted by atomic mass is 9.76. The molecule has 0 unspecified atom stereocenters. The van der Waals surface area contributed by atoms with Crippen LogP contribution in [0.15, 0.2) is 164 Å². The van der Waals surface area contributed by atoms with E-state index >= 15 is 0 Å². The number of hydrogen-bond acceptors (Lipinski definition) is 0. The first-order valence-electron chi connectivity index (χ1n) is 19.7. The van der Waals surface area contributed by atoms with Gasteiger partial charge in [0.2, 0.25) is 0 Å². The van der Waals surface area contributed by atoms with Crippen LogP contribution in [0.3, 0.4) is 0 Å². The number of fused-ring (bicyclic) bond motifs is 3. The van der Waals surface area contributed by atoms with Gasteiger partial charge < -0.3 is 0 Å². The molecule has 0 aliphatic heterocycles. The Labute approximate surface area is 316 Å². The van der Waals surface area contributed by atoms with E-state index in [-0.39, 0.29) is 17.8 Å². The van der Waals surface area contributed by atoms with Gasteiger partial charge in [-0.3, -0.25) is 0 Å². The second-order valence-corrected chi connectivity index (χ2v) is 16.2. The summed E-state index contributed by atoms with van der Waals surface area (Å²) in [6, 6.07) is 63.7. The normalized spacial score (nSPS) is 18.3. The van der Waals surface area contributed by atoms with E-state index in [1.165, 1.54) is 100 Å². The van der Waals surface area contributed by atoms with Crippen LogP contribution in [-0.2, 0) is 19.3 Å². The third-order valence-corrected chi connectivity index (χ3v) is 13.7. The molecule has 0 N–H and O–H groups in total. The van der Waals surface area contributed by atoms with Crippen molar-refractivity contribution in [3.8, 4) is 66.8 Å². The first-order valence-corrected chi connectivity index (χ1v) is 19.7. The van der Waals surface area contributed by atoms with Gasteiger partial charge in [-0.15, -0.1) is 0 Å². The Morgan fingerprint density at radius 1 is 0.278 bits per heavy atom. The number of hydrogen-bond donors (Lipinski definition) is 0. The molecule has 8 aromatic carbocycles. The van der Waals surface area contributed by atoms with Crippen LogP contribution in [0.2, 0.25) is 0 Å². The fraction of sp³-hybridized carbons (Fsp3) is 0.111. The zero-order chi connectivity index (χ0) is 35.1. The van der Waals surface area contributed by atoms with Gasteiger partial charge in [0, 0.05) is 17.8 Å². The van der Waals surface area contributed by atoms with Crippen LogP contribution in [0.4, 0.5) is 0 Å². The molecule has 0 heteroatoms. The van der Waals surface area contributed by atoms with Crippen LogP contribution in [0.1, 0.15) is 67.8 Å². The first-order chi connectivity index (χ1) is 26.8. The van der Waals surface area contributed by atoms with Gasteiger partial charge in [-0.2, -0.15) is 0 Å². The maximum Gasteiger partial charge on any atom is 0.0149 e. The summed E-state index contributed by atoms with van der Waals surface area (Å²) in [4.78, 5) is 0. The third-order valence-electron chi connectivity index (χ3n) is 13.7. The van der Waals surface area contributed by atoms with Crippen molar-refractivity contribution in [2.45, 2.75) is 37.0 Å². The molecular formula is C54H36. The lowest BCUT2D eigenvalue weighted by molar-refractivity contribution is 0.802. The van der Waals surface area contributed by atoms with E-state index in [0.717, 1.165) is 19.3 Å². The van der Waals surface area contributed by atoms with Gasteiger partial charge in [0.1, 0.15) is 0 Å². The molecule has 0 nitrogen and oxygen atoms in total. The molecule has 3 atom stereocenters. The SMILES string of the molecule is c1ccc2c(c1)C[C@H]1c3ccccc3-c3c1c1c4c5c3[C@@H](Cc3ccccc3-c3cc-2cc(c3)-c2ccccc2C[C@H]4c2ccccc2-1)c1ccccc1-5. The van der Waals surface area contributed by atoms with Gasteiger partial charge in [0.25, 0.3) is 0 Å². The van der Waals surface area contributed by atoms with Gasteiger partial charge in [-0.25, -0.2) is 0 Å². The zero-order valence-electron chi connectivity index (χ0n) is 29.9. The van der Waals surface area contributed by atoms with Crippen LogP contribution in [0, 0.1) is 0 Å². The standard InChI is InChI=1S/C54H36/c1-4-16-37-31(13-1)28-46-40-19-7-10-22-43(40)49-52(46)50-44-23-11-8-20-41(44)47-29-32-14-2-5-17-38(32)35-25-34(37)26-36(27-35)39-18-6-3-15-33(39)30-48-42-21-9-12-24-45(42)51(53(48)49)54(47)50/h1-27,46-48H,28-30H2/t46-,47-,48-/m0/s1. The van der Waals surface area contributed by atoms with Gasteiger partial charge in [-0.05, 0) is 154 Å². The summed E-state index contributed by atoms with van der Waals surface area (Å²) >= 11 is 0. The Kier molecular flexibility index (Phi) is 5.78. The Morgan fingerprint density at radius 2 is 0.537 bits per heavy atom. The Balaban J connectivity index is 1.29. The fourth-order valence-electron chi connectivity index (χ4n) is 11.6. The molecule has 252 valence electrons. The van der Waals surface area contributed by atoms with Crippen molar-refractivity contribution in [2.24, 2.45) is 0 Å². The third kappa shape index (κ3) is 3.78. The van der Waals surface area contributed by atoms with Gasteiger partial charge >= 0.3 is 0 Å². The quantitative estimate of drug-likeness (QED) is 0.149. The van der Waals surface area contributed by atoms with E-state index in [1.807, 2.05) is 0 Å². The molecule has 14 rings (SSSR count). The Hall–Kier alpha value is -6.24. The average molecular weight is 685 g/mol. The fourth-order valence-corrected chi connectivity index (χ4v) is 11.6. The molecule has 8 aromatic rings. The topological polar surface area (TPSA) is 0 Å². The molecule has 6 aliphatic carbocycles. The number of benzene rings is 8. The van der Waals surface area contributed by atoms with Crippen molar-refractivity contribution >= 4 is 0 Å². The monoisotopic (exact) mass is 684 g/mol. The van der Waals surface area contributed by atoms with Crippen molar-refractivity contribution < 1.29 is 0 Å². The molecule has 0 radical (unpaired) electrons. The summed E-state index contributed by atoms with van der Waals surface area (Å²) in [6.45, 7) is 0. The minimum atomic E-state index is 0.251. The molecule has 0 spiro atoms. The van der Waals surface area contributed by atoms with Crippen LogP contribution >= 0.6 is 0 Å². The van der Waals surface area contributed by atoms with Gasteiger partial charge in [0.05, 0.1) is 0 Å². The maximum absolute atomic E-state index is 2.49. The largest absolute Gasteiger partial charge is 0.0620 e. The molecule has 6 aliphatic rings. The van der Waals surface area contributed by atoms with E-state index in [1.54, 1.807) is 16.7 Å². The molecule has 0 fully saturated rings. The molecule has 0 heterocycles. The molecule has 0 amide bonds. The zero-order valence-corrected chi connectivity index (χ0v) is 29.9. The Bertz CT molecular complexity index is 2590. The van der Waals surface area contributed by atoms with Crippen LogP contribution in [0.25, 0.3) is 66.8 Å². The summed E-state index contributed by atoms with van der Waals surface area (Å²) in [7, 11) is 0. The van der Waals surface area contributed by atoms with E-state index in [0.29, 0.717) is 0 Å². The van der Waals surface area contributed by atoms with Crippen LogP contribution in [0.5, 0.6) is 0 Å². The summed E-state index contributed by atoms with van der Waals surface area (Å²) in [5.41, 5.74) is 30.2. The van der Waals surface area contributed by atoms with Crippen LogP contribution < -0.4 is 0 Å². The summed E-state index contributed by atoms with van der Waals surface area (Å²) in [5.74, 6) is 0.752. The molecular weight excluding hydrogens is 649 g/mol. The van der Waals surface area contributed by atoms with Crippen molar-refractivity contribution in [1.29, 1.82) is 0 Å². The highest BCUT2D eigenvalue weighted by atomic mass is 14.5. The summed E-state index contributed by atoms with van der Waals surface area (Å²) < 4.78 is 0. The van der Waals surface area contributed by atoms with E-state index in [9.17, 15) is 0 Å². The van der Waals surface area contributed by atoms with Gasteiger partial charge in [-0.1, -0.05) is 146 Å². The number of rotatable bonds is 0. The second kappa shape index (κ2) is 10.7. The molecule has 54 heavy (non-hydrogen) atoms. The highest BCUT2D eigenvalue weighted by molar-refractivity contribution is 6.03. The Morgan fingerprint density at radius 3 is 0.852 bits per heavy atom. The highest BCUT2D eigenvalue weighted by Crippen LogP contribution is 2.65. The minimum absolute atomic E-state index is 0.251. The van der Waals surface area contributed by atoms with Crippen molar-refractivity contribution in [3.05, 3.63) is 214 Å². The smallest absolute Gasteiger partial charge is 0.0149 e. The van der Waals surface area contributed by atoms with E-state index < -0.39 is 0 Å². The minimum Gasteiger partial charge on any atom is -0.0620 e. The van der Waals surface area contributed by atoms with E-state index in [2.05, 4.69) is 164 Å². The second-order valence-electron chi connectivity index (χ2n) is 16.2. The molecule has 0 saturated heterocycles.